The Morgan fingerprint density at radius 2 is 2.05 bits per heavy atom. The number of methoxy groups -OCH3 is 1. The zero-order chi connectivity index (χ0) is 14.8. The minimum Gasteiger partial charge on any atom is -0.497 e. The summed E-state index contributed by atoms with van der Waals surface area (Å²) in [7, 11) is 6.02. The smallest absolute Gasteiger partial charge is 0.119 e. The first kappa shape index (κ1) is 15.3. The van der Waals surface area contributed by atoms with Crippen molar-refractivity contribution in [3.63, 3.8) is 0 Å². The average Bonchev–Trinajstić information content (AvgIpc) is 2.44. The number of nitrogens with one attached hydrogen (secondary N) is 1. The van der Waals surface area contributed by atoms with Crippen molar-refractivity contribution in [2.45, 2.75) is 44.7 Å². The Labute approximate surface area is 123 Å². The van der Waals surface area contributed by atoms with Gasteiger partial charge in [0.05, 0.1) is 7.11 Å². The minimum absolute atomic E-state index is 0.189. The van der Waals surface area contributed by atoms with Gasteiger partial charge in [0, 0.05) is 18.1 Å². The molecule has 3 heteroatoms. The van der Waals surface area contributed by atoms with Crippen LogP contribution < -0.4 is 10.1 Å². The number of likely N-dealkylation sites (N-methyl/N-ethyl adjacent to an activating group) is 1. The van der Waals surface area contributed by atoms with Gasteiger partial charge in [-0.25, -0.2) is 0 Å². The lowest BCUT2D eigenvalue weighted by atomic mass is 9.87. The fraction of sp³-hybridized carbons (Fsp3) is 0.647. The van der Waals surface area contributed by atoms with Gasteiger partial charge in [-0.05, 0) is 70.5 Å². The zero-order valence-corrected chi connectivity index (χ0v) is 13.5. The van der Waals surface area contributed by atoms with E-state index in [1.54, 1.807) is 7.11 Å². The first-order valence-corrected chi connectivity index (χ1v) is 7.49. The fourth-order valence-electron chi connectivity index (χ4n) is 2.59. The summed E-state index contributed by atoms with van der Waals surface area (Å²) in [6.45, 7) is 5.57. The van der Waals surface area contributed by atoms with Crippen LogP contribution in [0.3, 0.4) is 0 Å². The Balaban J connectivity index is 1.97. The van der Waals surface area contributed by atoms with E-state index in [9.17, 15) is 0 Å². The Morgan fingerprint density at radius 3 is 2.70 bits per heavy atom. The highest BCUT2D eigenvalue weighted by molar-refractivity contribution is 5.37. The standard InChI is InChI=1S/C17H28N2O/c1-17(2,19(3)4)12-18-15-8-6-13-7-9-16(20-5)11-14(13)10-15/h7,9,11,15,18H,6,8,10,12H2,1-5H3. The summed E-state index contributed by atoms with van der Waals surface area (Å²) in [6.07, 6.45) is 3.50. The average molecular weight is 276 g/mol. The molecule has 1 aromatic rings. The quantitative estimate of drug-likeness (QED) is 0.894. The highest BCUT2D eigenvalue weighted by Gasteiger charge is 2.24. The maximum Gasteiger partial charge on any atom is 0.119 e. The molecule has 0 amide bonds. The lowest BCUT2D eigenvalue weighted by molar-refractivity contribution is 0.182. The van der Waals surface area contributed by atoms with E-state index < -0.39 is 0 Å². The molecule has 1 aromatic carbocycles. The van der Waals surface area contributed by atoms with Crippen LogP contribution in [-0.2, 0) is 12.8 Å². The van der Waals surface area contributed by atoms with E-state index in [1.165, 1.54) is 24.0 Å². The molecule has 0 spiro atoms. The number of nitrogens with zero attached hydrogens (tertiary/aromatic N) is 1. The lowest BCUT2D eigenvalue weighted by Crippen LogP contribution is -2.50. The number of hydrogen-bond donors (Lipinski definition) is 1. The van der Waals surface area contributed by atoms with Gasteiger partial charge in [0.2, 0.25) is 0 Å². The SMILES string of the molecule is COc1ccc2c(c1)CC(NCC(C)(C)N(C)C)CC2. The third-order valence-corrected chi connectivity index (χ3v) is 4.68. The van der Waals surface area contributed by atoms with Gasteiger partial charge in [-0.1, -0.05) is 6.07 Å². The summed E-state index contributed by atoms with van der Waals surface area (Å²) in [5.74, 6) is 0.970. The number of rotatable bonds is 5. The Morgan fingerprint density at radius 1 is 1.30 bits per heavy atom. The minimum atomic E-state index is 0.189. The van der Waals surface area contributed by atoms with Crippen LogP contribution in [0.25, 0.3) is 0 Å². The molecule has 1 aliphatic carbocycles. The van der Waals surface area contributed by atoms with Crippen LogP contribution >= 0.6 is 0 Å². The van der Waals surface area contributed by atoms with E-state index in [1.807, 2.05) is 0 Å². The molecular weight excluding hydrogens is 248 g/mol. The van der Waals surface area contributed by atoms with Crippen LogP contribution in [0.4, 0.5) is 0 Å². The van der Waals surface area contributed by atoms with E-state index in [2.05, 4.69) is 56.4 Å². The summed E-state index contributed by atoms with van der Waals surface area (Å²) in [5, 5.41) is 3.74. The van der Waals surface area contributed by atoms with Gasteiger partial charge in [0.1, 0.15) is 5.75 Å². The van der Waals surface area contributed by atoms with E-state index in [-0.39, 0.29) is 5.54 Å². The first-order valence-electron chi connectivity index (χ1n) is 7.49. The predicted octanol–water partition coefficient (Wildman–Crippen LogP) is 2.48. The van der Waals surface area contributed by atoms with Gasteiger partial charge in [0.15, 0.2) is 0 Å². The maximum atomic E-state index is 5.33. The van der Waals surface area contributed by atoms with E-state index >= 15 is 0 Å². The molecule has 1 N–H and O–H groups in total. The van der Waals surface area contributed by atoms with E-state index in [0.29, 0.717) is 6.04 Å². The molecule has 3 nitrogen and oxygen atoms in total. The molecule has 1 atom stereocenters. The van der Waals surface area contributed by atoms with Crippen LogP contribution in [0.5, 0.6) is 5.75 Å². The molecular formula is C17H28N2O. The number of benzene rings is 1. The zero-order valence-electron chi connectivity index (χ0n) is 13.5. The van der Waals surface area contributed by atoms with Crippen molar-refractivity contribution in [3.8, 4) is 5.75 Å². The van der Waals surface area contributed by atoms with Gasteiger partial charge >= 0.3 is 0 Å². The number of hydrogen-bond acceptors (Lipinski definition) is 3. The van der Waals surface area contributed by atoms with Crippen molar-refractivity contribution < 1.29 is 4.74 Å². The van der Waals surface area contributed by atoms with Crippen LogP contribution in [0.2, 0.25) is 0 Å². The second-order valence-corrected chi connectivity index (χ2v) is 6.66. The molecule has 0 fully saturated rings. The summed E-state index contributed by atoms with van der Waals surface area (Å²) in [6, 6.07) is 7.06. The van der Waals surface area contributed by atoms with Crippen molar-refractivity contribution in [2.24, 2.45) is 0 Å². The summed E-state index contributed by atoms with van der Waals surface area (Å²) < 4.78 is 5.33. The number of aryl methyl sites for hydroxylation is 1. The molecule has 0 aromatic heterocycles. The van der Waals surface area contributed by atoms with Crippen LogP contribution in [0.1, 0.15) is 31.4 Å². The molecule has 1 aliphatic rings. The third kappa shape index (κ3) is 3.53. The normalized spacial score (nSPS) is 19.0. The molecule has 0 aliphatic heterocycles. The van der Waals surface area contributed by atoms with Gasteiger partial charge in [-0.3, -0.25) is 0 Å². The highest BCUT2D eigenvalue weighted by atomic mass is 16.5. The van der Waals surface area contributed by atoms with Crippen molar-refractivity contribution in [1.82, 2.24) is 10.2 Å². The molecule has 0 saturated carbocycles. The van der Waals surface area contributed by atoms with Crippen LogP contribution in [0, 0.1) is 0 Å². The molecule has 112 valence electrons. The Hall–Kier alpha value is -1.06. The summed E-state index contributed by atoms with van der Waals surface area (Å²) in [5.41, 5.74) is 3.11. The molecule has 0 saturated heterocycles. The molecule has 0 radical (unpaired) electrons. The van der Waals surface area contributed by atoms with Gasteiger partial charge in [-0.2, -0.15) is 0 Å². The molecule has 0 heterocycles. The third-order valence-electron chi connectivity index (χ3n) is 4.68. The number of ether oxygens (including phenoxy) is 1. The Kier molecular flexibility index (Phi) is 4.71. The van der Waals surface area contributed by atoms with Crippen LogP contribution in [0.15, 0.2) is 18.2 Å². The molecule has 20 heavy (non-hydrogen) atoms. The largest absolute Gasteiger partial charge is 0.497 e. The van der Waals surface area contributed by atoms with Crippen molar-refractivity contribution >= 4 is 0 Å². The van der Waals surface area contributed by atoms with Gasteiger partial charge in [0.25, 0.3) is 0 Å². The topological polar surface area (TPSA) is 24.5 Å². The summed E-state index contributed by atoms with van der Waals surface area (Å²) >= 11 is 0. The van der Waals surface area contributed by atoms with Crippen molar-refractivity contribution in [1.29, 1.82) is 0 Å². The Bertz CT molecular complexity index is 454. The first-order chi connectivity index (χ1) is 9.42. The van der Waals surface area contributed by atoms with Crippen molar-refractivity contribution in [3.05, 3.63) is 29.3 Å². The van der Waals surface area contributed by atoms with Gasteiger partial charge in [-0.15, -0.1) is 0 Å². The fourth-order valence-corrected chi connectivity index (χ4v) is 2.59. The number of fused-ring (bicyclic) bond motifs is 1. The van der Waals surface area contributed by atoms with E-state index in [0.717, 1.165) is 18.7 Å². The second kappa shape index (κ2) is 6.15. The predicted molar refractivity (Wildman–Crippen MR) is 84.6 cm³/mol. The molecule has 0 bridgehead atoms. The van der Waals surface area contributed by atoms with Crippen molar-refractivity contribution in [2.75, 3.05) is 27.7 Å². The lowest BCUT2D eigenvalue weighted by Gasteiger charge is -2.35. The summed E-state index contributed by atoms with van der Waals surface area (Å²) in [4.78, 5) is 2.28. The second-order valence-electron chi connectivity index (χ2n) is 6.66. The monoisotopic (exact) mass is 276 g/mol. The van der Waals surface area contributed by atoms with E-state index in [4.69, 9.17) is 4.74 Å². The van der Waals surface area contributed by atoms with Gasteiger partial charge < -0.3 is 15.0 Å². The molecule has 2 rings (SSSR count). The van der Waals surface area contributed by atoms with Crippen LogP contribution in [-0.4, -0.2) is 44.2 Å². The molecule has 1 unspecified atom stereocenters. The highest BCUT2D eigenvalue weighted by Crippen LogP contribution is 2.25. The maximum absolute atomic E-state index is 5.33.